The topological polar surface area (TPSA) is 26.3 Å². The van der Waals surface area contributed by atoms with Gasteiger partial charge in [0.05, 0.1) is 0 Å². The van der Waals surface area contributed by atoms with Gasteiger partial charge in [-0.15, -0.1) is 0 Å². The van der Waals surface area contributed by atoms with E-state index in [0.29, 0.717) is 5.57 Å². The van der Waals surface area contributed by atoms with Crippen molar-refractivity contribution in [3.8, 4) is 0 Å². The molecule has 0 atom stereocenters. The number of hydrogen-bond donors (Lipinski definition) is 0. The quantitative estimate of drug-likeness (QED) is 0.461. The van der Waals surface area contributed by atoms with E-state index in [2.05, 4.69) is 6.58 Å². The highest BCUT2D eigenvalue weighted by Crippen LogP contribution is 2.14. The third-order valence-corrected chi connectivity index (χ3v) is 1.40. The first-order valence-electron chi connectivity index (χ1n) is 3.58. The van der Waals surface area contributed by atoms with Crippen molar-refractivity contribution in [1.29, 1.82) is 0 Å². The van der Waals surface area contributed by atoms with Crippen LogP contribution in [0.2, 0.25) is 0 Å². The lowest BCUT2D eigenvalue weighted by atomic mass is 10.1. The monoisotopic (exact) mass is 155 g/mol. The molecule has 11 heavy (non-hydrogen) atoms. The van der Waals surface area contributed by atoms with Crippen molar-refractivity contribution in [2.45, 2.75) is 33.3 Å². The molecule has 0 heterocycles. The fourth-order valence-corrected chi connectivity index (χ4v) is 0.385. The first-order valence-corrected chi connectivity index (χ1v) is 3.58. The number of carbonyl (C=O) groups excluding carboxylic acids is 1. The molecule has 0 amide bonds. The van der Waals surface area contributed by atoms with Gasteiger partial charge in [-0.05, 0) is 20.8 Å². The zero-order chi connectivity index (χ0) is 9.07. The van der Waals surface area contributed by atoms with Gasteiger partial charge in [-0.3, -0.25) is 0 Å². The van der Waals surface area contributed by atoms with E-state index in [1.807, 2.05) is 27.2 Å². The number of esters is 1. The molecule has 0 spiro atoms. The van der Waals surface area contributed by atoms with Crippen LogP contribution in [0.25, 0.3) is 0 Å². The van der Waals surface area contributed by atoms with E-state index in [1.165, 1.54) is 0 Å². The van der Waals surface area contributed by atoms with Gasteiger partial charge >= 0.3 is 5.97 Å². The maximum Gasteiger partial charge on any atom is 0.333 e. The molecule has 63 valence electrons. The van der Waals surface area contributed by atoms with Gasteiger partial charge in [-0.2, -0.15) is 0 Å². The van der Waals surface area contributed by atoms with Gasteiger partial charge in [0.2, 0.25) is 0 Å². The third kappa shape index (κ3) is 3.81. The van der Waals surface area contributed by atoms with Crippen LogP contribution in [0, 0.1) is 6.42 Å². The molecule has 0 rings (SSSR count). The molecule has 0 fully saturated rings. The van der Waals surface area contributed by atoms with E-state index in [1.54, 1.807) is 6.92 Å². The molecule has 0 aliphatic rings. The van der Waals surface area contributed by atoms with Gasteiger partial charge in [-0.25, -0.2) is 4.79 Å². The number of rotatable bonds is 3. The molecule has 0 aromatic carbocycles. The van der Waals surface area contributed by atoms with Gasteiger partial charge in [0, 0.05) is 12.0 Å². The number of carbonyl (C=O) groups is 1. The molecular formula is C9H15O2. The summed E-state index contributed by atoms with van der Waals surface area (Å²) in [4.78, 5) is 11.0. The summed E-state index contributed by atoms with van der Waals surface area (Å²) in [6.45, 7) is 10.6. The predicted octanol–water partition coefficient (Wildman–Crippen LogP) is 2.11. The van der Waals surface area contributed by atoms with Crippen molar-refractivity contribution in [2.24, 2.45) is 0 Å². The zero-order valence-electron chi connectivity index (χ0n) is 7.60. The lowest BCUT2D eigenvalue weighted by molar-refractivity contribution is -0.148. The molecule has 0 saturated heterocycles. The Hall–Kier alpha value is -0.790. The van der Waals surface area contributed by atoms with E-state index < -0.39 is 5.60 Å². The van der Waals surface area contributed by atoms with E-state index in [9.17, 15) is 4.79 Å². The Kier molecular flexibility index (Phi) is 3.30. The maximum absolute atomic E-state index is 11.0. The summed E-state index contributed by atoms with van der Waals surface area (Å²) < 4.78 is 5.05. The fraction of sp³-hybridized carbons (Fsp3) is 0.556. The minimum absolute atomic E-state index is 0.340. The van der Waals surface area contributed by atoms with Crippen LogP contribution in [0.4, 0.5) is 0 Å². The molecule has 2 heteroatoms. The van der Waals surface area contributed by atoms with Crippen molar-refractivity contribution in [3.63, 3.8) is 0 Å². The summed E-state index contributed by atoms with van der Waals surface area (Å²) in [6, 6.07) is 0. The largest absolute Gasteiger partial charge is 0.456 e. The van der Waals surface area contributed by atoms with E-state index >= 15 is 0 Å². The molecule has 2 nitrogen and oxygen atoms in total. The molecule has 0 aliphatic heterocycles. The van der Waals surface area contributed by atoms with Crippen molar-refractivity contribution in [1.82, 2.24) is 0 Å². The summed E-state index contributed by atoms with van der Waals surface area (Å²) in [5, 5.41) is 0. The SMILES string of the molecule is C=C(C)C(=O)OC(C)(C)[CH]C. The highest BCUT2D eigenvalue weighted by atomic mass is 16.6. The van der Waals surface area contributed by atoms with Crippen molar-refractivity contribution in [2.75, 3.05) is 0 Å². The second kappa shape index (κ2) is 3.56. The van der Waals surface area contributed by atoms with Gasteiger partial charge in [0.25, 0.3) is 0 Å². The predicted molar refractivity (Wildman–Crippen MR) is 45.0 cm³/mol. The summed E-state index contributed by atoms with van der Waals surface area (Å²) in [7, 11) is 0. The first-order chi connectivity index (χ1) is 4.89. The number of hydrogen-bond acceptors (Lipinski definition) is 2. The molecule has 1 radical (unpaired) electrons. The van der Waals surface area contributed by atoms with Crippen molar-refractivity contribution in [3.05, 3.63) is 18.6 Å². The lowest BCUT2D eigenvalue weighted by Gasteiger charge is -2.22. The van der Waals surface area contributed by atoms with Crippen LogP contribution in [0.15, 0.2) is 12.2 Å². The summed E-state index contributed by atoms with van der Waals surface area (Å²) in [5.41, 5.74) is -0.0596. The highest BCUT2D eigenvalue weighted by Gasteiger charge is 2.20. The van der Waals surface area contributed by atoms with Crippen LogP contribution >= 0.6 is 0 Å². The summed E-state index contributed by atoms with van der Waals surface area (Å²) >= 11 is 0. The summed E-state index contributed by atoms with van der Waals surface area (Å²) in [5.74, 6) is -0.340. The average molecular weight is 155 g/mol. The van der Waals surface area contributed by atoms with E-state index in [4.69, 9.17) is 4.74 Å². The Labute approximate surface area is 68.2 Å². The highest BCUT2D eigenvalue weighted by molar-refractivity contribution is 5.87. The van der Waals surface area contributed by atoms with E-state index in [0.717, 1.165) is 0 Å². The molecule has 0 unspecified atom stereocenters. The molecule has 0 aromatic heterocycles. The zero-order valence-corrected chi connectivity index (χ0v) is 7.60. The normalized spacial score (nSPS) is 10.9. The average Bonchev–Trinajstić information content (AvgIpc) is 1.87. The second-order valence-electron chi connectivity index (χ2n) is 3.06. The van der Waals surface area contributed by atoms with Gasteiger partial charge in [0.1, 0.15) is 5.60 Å². The Morgan fingerprint density at radius 2 is 2.00 bits per heavy atom. The first kappa shape index (κ1) is 10.2. The molecule has 0 aromatic rings. The second-order valence-corrected chi connectivity index (χ2v) is 3.06. The minimum atomic E-state index is -0.490. The van der Waals surface area contributed by atoms with Crippen LogP contribution in [-0.2, 0) is 9.53 Å². The smallest absolute Gasteiger partial charge is 0.333 e. The maximum atomic E-state index is 11.0. The standard InChI is InChI=1S/C9H15O2/c1-6-9(4,5)11-8(10)7(2)3/h6H,2H2,1,3-5H3. The number of ether oxygens (including phenoxy) is 1. The minimum Gasteiger partial charge on any atom is -0.456 e. The van der Waals surface area contributed by atoms with Crippen LogP contribution in [-0.4, -0.2) is 11.6 Å². The molecular weight excluding hydrogens is 140 g/mol. The fourth-order valence-electron chi connectivity index (χ4n) is 0.385. The van der Waals surface area contributed by atoms with Gasteiger partial charge < -0.3 is 4.74 Å². The van der Waals surface area contributed by atoms with Crippen LogP contribution < -0.4 is 0 Å². The van der Waals surface area contributed by atoms with Crippen molar-refractivity contribution < 1.29 is 9.53 Å². The molecule has 0 saturated carbocycles. The van der Waals surface area contributed by atoms with Crippen LogP contribution in [0.5, 0.6) is 0 Å². The Bertz CT molecular complexity index is 168. The Morgan fingerprint density at radius 3 is 2.27 bits per heavy atom. The van der Waals surface area contributed by atoms with Crippen LogP contribution in [0.3, 0.4) is 0 Å². The third-order valence-electron chi connectivity index (χ3n) is 1.40. The van der Waals surface area contributed by atoms with Crippen LogP contribution in [0.1, 0.15) is 27.7 Å². The molecule has 0 bridgehead atoms. The van der Waals surface area contributed by atoms with Gasteiger partial charge in [-0.1, -0.05) is 13.5 Å². The Balaban J connectivity index is 4.04. The van der Waals surface area contributed by atoms with E-state index in [-0.39, 0.29) is 5.97 Å². The molecule has 0 N–H and O–H groups in total. The molecule has 0 aliphatic carbocycles. The van der Waals surface area contributed by atoms with Gasteiger partial charge in [0.15, 0.2) is 0 Å². The Morgan fingerprint density at radius 1 is 1.55 bits per heavy atom. The summed E-state index contributed by atoms with van der Waals surface area (Å²) in [6.07, 6.45) is 1.83. The lowest BCUT2D eigenvalue weighted by Crippen LogP contribution is -2.27. The van der Waals surface area contributed by atoms with Crippen molar-refractivity contribution >= 4 is 5.97 Å².